The van der Waals surface area contributed by atoms with E-state index in [9.17, 15) is 52.7 Å². The van der Waals surface area contributed by atoms with E-state index in [1.807, 2.05) is 0 Å². The summed E-state index contributed by atoms with van der Waals surface area (Å²) in [6, 6.07) is 0.0812. The lowest BCUT2D eigenvalue weighted by Crippen LogP contribution is -2.52. The first kappa shape index (κ1) is 24.4. The highest BCUT2D eigenvalue weighted by atomic mass is 19.4. The monoisotopic (exact) mass is 434 g/mol. The number of hydrogen-bond acceptors (Lipinski definition) is 0. The molecule has 0 saturated heterocycles. The Balaban J connectivity index is 4.25. The van der Waals surface area contributed by atoms with Crippen LogP contribution in [0.4, 0.5) is 52.7 Å². The number of rotatable bonds is 3. The fraction of sp³-hybridized carbons (Fsp3) is 0.625. The maximum absolute atomic E-state index is 13.5. The van der Waals surface area contributed by atoms with Gasteiger partial charge in [0.05, 0.1) is 11.1 Å². The first-order valence-corrected chi connectivity index (χ1v) is 7.66. The van der Waals surface area contributed by atoms with Crippen LogP contribution in [0.5, 0.6) is 0 Å². The van der Waals surface area contributed by atoms with Gasteiger partial charge in [-0.1, -0.05) is 26.0 Å². The molecule has 0 aromatic heterocycles. The second kappa shape index (κ2) is 7.01. The van der Waals surface area contributed by atoms with Gasteiger partial charge in [-0.25, -0.2) is 0 Å². The number of benzene rings is 1. The summed E-state index contributed by atoms with van der Waals surface area (Å²) in [6.45, 7) is 1.78. The lowest BCUT2D eigenvalue weighted by molar-refractivity contribution is -0.298. The van der Waals surface area contributed by atoms with E-state index in [-0.39, 0.29) is 18.6 Å². The molecule has 0 radical (unpaired) electrons. The fourth-order valence-electron chi connectivity index (χ4n) is 2.73. The van der Waals surface area contributed by atoms with Crippen LogP contribution in [0.25, 0.3) is 0 Å². The molecule has 0 heterocycles. The Kier molecular flexibility index (Phi) is 6.12. The molecule has 28 heavy (non-hydrogen) atoms. The van der Waals surface area contributed by atoms with Crippen molar-refractivity contribution in [3.63, 3.8) is 0 Å². The molecular formula is C16H14F12. The third kappa shape index (κ3) is 4.05. The zero-order valence-electron chi connectivity index (χ0n) is 14.5. The van der Waals surface area contributed by atoms with Crippen molar-refractivity contribution in [2.45, 2.75) is 63.2 Å². The van der Waals surface area contributed by atoms with Gasteiger partial charge in [0.25, 0.3) is 0 Å². The molecule has 1 atom stereocenters. The molecule has 1 aromatic carbocycles. The van der Waals surface area contributed by atoms with E-state index in [0.29, 0.717) is 0 Å². The molecule has 0 aliphatic rings. The van der Waals surface area contributed by atoms with Gasteiger partial charge in [-0.2, -0.15) is 52.7 Å². The Morgan fingerprint density at radius 3 is 1.39 bits per heavy atom. The lowest BCUT2D eigenvalue weighted by Gasteiger charge is -2.37. The van der Waals surface area contributed by atoms with Crippen molar-refractivity contribution < 1.29 is 52.7 Å². The summed E-state index contributed by atoms with van der Waals surface area (Å²) in [6.07, 6.45) is -24.8. The summed E-state index contributed by atoms with van der Waals surface area (Å²) in [7, 11) is 0. The van der Waals surface area contributed by atoms with E-state index in [1.54, 1.807) is 0 Å². The van der Waals surface area contributed by atoms with E-state index in [0.717, 1.165) is 6.92 Å². The average Bonchev–Trinajstić information content (AvgIpc) is 2.47. The van der Waals surface area contributed by atoms with Crippen LogP contribution in [0.2, 0.25) is 0 Å². The first-order valence-electron chi connectivity index (χ1n) is 7.66. The molecule has 0 aliphatic heterocycles. The van der Waals surface area contributed by atoms with Gasteiger partial charge in [0, 0.05) is 0 Å². The molecular weight excluding hydrogens is 420 g/mol. The van der Waals surface area contributed by atoms with Crippen LogP contribution in [0, 0.1) is 0 Å². The topological polar surface area (TPSA) is 0 Å². The Bertz CT molecular complexity index is 689. The van der Waals surface area contributed by atoms with Gasteiger partial charge in [-0.15, -0.1) is 0 Å². The number of alkyl halides is 12. The van der Waals surface area contributed by atoms with E-state index < -0.39 is 65.2 Å². The predicted molar refractivity (Wildman–Crippen MR) is 74.6 cm³/mol. The summed E-state index contributed by atoms with van der Waals surface area (Å²) in [5.41, 5.74) is -14.3. The van der Waals surface area contributed by atoms with E-state index in [2.05, 4.69) is 0 Å². The Labute approximate surface area is 151 Å². The summed E-state index contributed by atoms with van der Waals surface area (Å²) in [5.74, 6) is -1.20. The van der Waals surface area contributed by atoms with Crippen molar-refractivity contribution in [1.29, 1.82) is 0 Å². The van der Waals surface area contributed by atoms with Crippen LogP contribution in [0.3, 0.4) is 0 Å². The van der Waals surface area contributed by atoms with Gasteiger partial charge in [-0.05, 0) is 30.4 Å². The summed E-state index contributed by atoms with van der Waals surface area (Å²) >= 11 is 0. The van der Waals surface area contributed by atoms with Gasteiger partial charge in [0.15, 0.2) is 5.41 Å². The van der Waals surface area contributed by atoms with Gasteiger partial charge < -0.3 is 0 Å². The molecule has 0 spiro atoms. The van der Waals surface area contributed by atoms with Crippen molar-refractivity contribution >= 4 is 0 Å². The van der Waals surface area contributed by atoms with Crippen LogP contribution in [0.1, 0.15) is 55.4 Å². The zero-order chi connectivity index (χ0) is 22.5. The highest BCUT2D eigenvalue weighted by molar-refractivity contribution is 5.50. The largest absolute Gasteiger partial charge is 0.417 e. The standard InChI is InChI=1S/C16H14F12/c1-4-7(2)8-5-6-9(12(3,15(23,24)25)16(26,27)28)11(14(20,21)22)10(8)13(17,18)19/h5-7H,4H2,1-3H3. The molecule has 0 N–H and O–H groups in total. The van der Waals surface area contributed by atoms with Crippen LogP contribution in [0.15, 0.2) is 12.1 Å². The molecule has 162 valence electrons. The molecule has 0 fully saturated rings. The second-order valence-corrected chi connectivity index (χ2v) is 6.38. The number of hydrogen-bond donors (Lipinski definition) is 0. The quantitative estimate of drug-likeness (QED) is 0.430. The third-order valence-electron chi connectivity index (χ3n) is 4.62. The molecule has 0 nitrogen and oxygen atoms in total. The molecule has 0 bridgehead atoms. The molecule has 0 aliphatic carbocycles. The molecule has 1 unspecified atom stereocenters. The Morgan fingerprint density at radius 1 is 0.714 bits per heavy atom. The third-order valence-corrected chi connectivity index (χ3v) is 4.62. The van der Waals surface area contributed by atoms with Crippen molar-refractivity contribution in [2.24, 2.45) is 0 Å². The Morgan fingerprint density at radius 2 is 1.11 bits per heavy atom. The SMILES string of the molecule is CCC(C)c1ccc(C(C)(C(F)(F)F)C(F)(F)F)c(C(F)(F)F)c1C(F)(F)F. The van der Waals surface area contributed by atoms with Crippen molar-refractivity contribution in [3.8, 4) is 0 Å². The first-order chi connectivity index (χ1) is 12.2. The van der Waals surface area contributed by atoms with Crippen LogP contribution in [-0.2, 0) is 17.8 Å². The Hall–Kier alpha value is -1.62. The molecule has 1 rings (SSSR count). The normalized spacial score (nSPS) is 15.7. The zero-order valence-corrected chi connectivity index (χ0v) is 14.5. The van der Waals surface area contributed by atoms with Crippen molar-refractivity contribution in [1.82, 2.24) is 0 Å². The average molecular weight is 434 g/mol. The molecule has 1 aromatic rings. The summed E-state index contributed by atoms with van der Waals surface area (Å²) in [4.78, 5) is 0. The minimum atomic E-state index is -6.34. The van der Waals surface area contributed by atoms with Gasteiger partial charge >= 0.3 is 24.7 Å². The van der Waals surface area contributed by atoms with Gasteiger partial charge in [0.1, 0.15) is 0 Å². The maximum atomic E-state index is 13.5. The molecule has 0 saturated carbocycles. The van der Waals surface area contributed by atoms with Crippen LogP contribution >= 0.6 is 0 Å². The highest BCUT2D eigenvalue weighted by Gasteiger charge is 2.70. The van der Waals surface area contributed by atoms with E-state index in [4.69, 9.17) is 0 Å². The van der Waals surface area contributed by atoms with Gasteiger partial charge in [-0.3, -0.25) is 0 Å². The smallest absolute Gasteiger partial charge is 0.170 e. The minimum absolute atomic E-state index is 0.129. The predicted octanol–water partition coefficient (Wildman–Crippen LogP) is 7.62. The lowest BCUT2D eigenvalue weighted by atomic mass is 9.75. The minimum Gasteiger partial charge on any atom is -0.170 e. The van der Waals surface area contributed by atoms with E-state index in [1.165, 1.54) is 6.92 Å². The molecule has 12 heteroatoms. The fourth-order valence-corrected chi connectivity index (χ4v) is 2.73. The van der Waals surface area contributed by atoms with Crippen molar-refractivity contribution in [3.05, 3.63) is 34.4 Å². The number of halogens is 12. The second-order valence-electron chi connectivity index (χ2n) is 6.38. The van der Waals surface area contributed by atoms with Crippen LogP contribution in [-0.4, -0.2) is 12.4 Å². The summed E-state index contributed by atoms with van der Waals surface area (Å²) < 4.78 is 160. The summed E-state index contributed by atoms with van der Waals surface area (Å²) in [5, 5.41) is 0. The van der Waals surface area contributed by atoms with E-state index >= 15 is 0 Å². The highest BCUT2D eigenvalue weighted by Crippen LogP contribution is 2.56. The van der Waals surface area contributed by atoms with Crippen molar-refractivity contribution in [2.75, 3.05) is 0 Å². The molecule has 0 amide bonds. The van der Waals surface area contributed by atoms with Crippen LogP contribution < -0.4 is 0 Å². The van der Waals surface area contributed by atoms with Gasteiger partial charge in [0.2, 0.25) is 0 Å². The maximum Gasteiger partial charge on any atom is 0.417 e.